The Morgan fingerprint density at radius 2 is 2.08 bits per heavy atom. The summed E-state index contributed by atoms with van der Waals surface area (Å²) >= 11 is 0. The van der Waals surface area contributed by atoms with Gasteiger partial charge in [0.2, 0.25) is 0 Å². The molecular weight excluding hydrogens is 188 g/mol. The summed E-state index contributed by atoms with van der Waals surface area (Å²) < 4.78 is 0. The minimum absolute atomic E-state index is 0. The first-order chi connectivity index (χ1) is 5.00. The molecule has 4 nitrogen and oxygen atoms in total. The summed E-state index contributed by atoms with van der Waals surface area (Å²) in [5.74, 6) is -4.19. The Kier molecular flexibility index (Phi) is 8.51. The third-order valence-corrected chi connectivity index (χ3v) is 1.28. The smallest absolute Gasteiger partial charge is 1.00 e. The number of hydrogen-bond donors (Lipinski definition) is 3. The Labute approximate surface area is 104 Å². The molecule has 5 heteroatoms. The molecule has 0 atom stereocenters. The van der Waals surface area contributed by atoms with E-state index in [2.05, 4.69) is 6.58 Å². The molecule has 0 aliphatic rings. The van der Waals surface area contributed by atoms with E-state index in [0.717, 1.165) is 0 Å². The number of aliphatic hydroxyl groups is 2. The fourth-order valence-corrected chi connectivity index (χ4v) is 0.600. The molecule has 0 fully saturated rings. The molecule has 0 aromatic rings. The van der Waals surface area contributed by atoms with Crippen LogP contribution in [0.4, 0.5) is 0 Å². The predicted octanol–water partition coefficient (Wildman–Crippen LogP) is -0.0476. The zero-order valence-electron chi connectivity index (χ0n) is 8.86. The molecule has 0 rings (SSSR count). The maximum Gasteiger partial charge on any atom is 2.00 e. The molecule has 68 valence electrons. The monoisotopic (exact) mass is 202 g/mol. The molecule has 0 spiro atoms. The molecule has 0 radical (unpaired) electrons. The number of carboxylic acids is 1. The topological polar surface area (TPSA) is 77.8 Å². The number of rotatable bonds is 5. The van der Waals surface area contributed by atoms with Crippen LogP contribution in [0.5, 0.6) is 0 Å². The Morgan fingerprint density at radius 3 is 2.42 bits per heavy atom. The van der Waals surface area contributed by atoms with Gasteiger partial charge in [-0.2, -0.15) is 0 Å². The van der Waals surface area contributed by atoms with Gasteiger partial charge in [0.25, 0.3) is 5.79 Å². The van der Waals surface area contributed by atoms with Crippen molar-refractivity contribution in [3.8, 4) is 0 Å². The van der Waals surface area contributed by atoms with Gasteiger partial charge < -0.3 is 18.2 Å². The van der Waals surface area contributed by atoms with E-state index >= 15 is 0 Å². The molecule has 0 amide bonds. The molecule has 0 aliphatic carbocycles. The first-order valence-corrected chi connectivity index (χ1v) is 3.29. The van der Waals surface area contributed by atoms with Crippen molar-refractivity contribution in [3.05, 3.63) is 12.7 Å². The van der Waals surface area contributed by atoms with Gasteiger partial charge in [-0.25, -0.2) is 4.79 Å². The molecule has 0 unspecified atom stereocenters. The second-order valence-electron chi connectivity index (χ2n) is 2.30. The van der Waals surface area contributed by atoms with Gasteiger partial charge in [-0.1, -0.05) is 6.08 Å². The summed E-state index contributed by atoms with van der Waals surface area (Å²) in [6.07, 6.45) is 2.41. The van der Waals surface area contributed by atoms with Gasteiger partial charge in [0.15, 0.2) is 0 Å². The van der Waals surface area contributed by atoms with E-state index in [1.807, 2.05) is 0 Å². The Bertz CT molecular complexity index is 164. The molecule has 0 aromatic carbocycles. The van der Waals surface area contributed by atoms with Crippen molar-refractivity contribution >= 4 is 43.7 Å². The van der Waals surface area contributed by atoms with Crippen LogP contribution in [-0.4, -0.2) is 64.8 Å². The molecule has 0 aliphatic heterocycles. The van der Waals surface area contributed by atoms with Crippen molar-refractivity contribution in [3.63, 3.8) is 0 Å². The van der Waals surface area contributed by atoms with E-state index in [-0.39, 0.29) is 47.0 Å². The molecule has 0 saturated carbocycles. The fraction of sp³-hybridized carbons (Fsp3) is 0.571. The van der Waals surface area contributed by atoms with E-state index in [0.29, 0.717) is 12.8 Å². The standard InChI is InChI=1S/C7H12O4.Ca.2H/c1-2-3-4-5-7(10,11)6(8)9;;;/h2,10-11H,1,3-5H2,(H,8,9);;;/q;+2;2*-1. The van der Waals surface area contributed by atoms with E-state index < -0.39 is 11.8 Å². The van der Waals surface area contributed by atoms with Gasteiger partial charge in [0.1, 0.15) is 0 Å². The van der Waals surface area contributed by atoms with Crippen LogP contribution in [0, 0.1) is 0 Å². The van der Waals surface area contributed by atoms with Crippen molar-refractivity contribution < 1.29 is 23.0 Å². The summed E-state index contributed by atoms with van der Waals surface area (Å²) in [6, 6.07) is 0. The van der Waals surface area contributed by atoms with Gasteiger partial charge in [-0.15, -0.1) is 6.58 Å². The summed E-state index contributed by atoms with van der Waals surface area (Å²) in [5, 5.41) is 25.7. The van der Waals surface area contributed by atoms with E-state index in [1.54, 1.807) is 6.08 Å². The molecule has 12 heavy (non-hydrogen) atoms. The first kappa shape index (κ1) is 14.9. The number of unbranched alkanes of at least 4 members (excludes halogenated alkanes) is 1. The second-order valence-corrected chi connectivity index (χ2v) is 2.30. The number of carboxylic acid groups (broad SMARTS) is 1. The Balaban J connectivity index is -0.000000167. The largest absolute Gasteiger partial charge is 2.00 e. The van der Waals surface area contributed by atoms with Crippen molar-refractivity contribution in [2.45, 2.75) is 25.0 Å². The zero-order chi connectivity index (χ0) is 8.91. The fourth-order valence-electron chi connectivity index (χ4n) is 0.600. The third kappa shape index (κ3) is 5.97. The summed E-state index contributed by atoms with van der Waals surface area (Å²) in [7, 11) is 0. The van der Waals surface area contributed by atoms with Gasteiger partial charge in [-0.3, -0.25) is 0 Å². The minimum Gasteiger partial charge on any atom is -1.00 e. The molecular formula is C7H14CaO4. The van der Waals surface area contributed by atoms with Gasteiger partial charge in [0.05, 0.1) is 0 Å². The van der Waals surface area contributed by atoms with Crippen LogP contribution >= 0.6 is 0 Å². The van der Waals surface area contributed by atoms with Crippen LogP contribution in [0.25, 0.3) is 0 Å². The van der Waals surface area contributed by atoms with Crippen molar-refractivity contribution in [2.75, 3.05) is 0 Å². The van der Waals surface area contributed by atoms with Crippen molar-refractivity contribution in [2.24, 2.45) is 0 Å². The van der Waals surface area contributed by atoms with Crippen LogP contribution in [0.3, 0.4) is 0 Å². The first-order valence-electron chi connectivity index (χ1n) is 3.29. The number of hydrogen-bond acceptors (Lipinski definition) is 3. The molecule has 0 aromatic heterocycles. The average Bonchev–Trinajstić information content (AvgIpc) is 1.88. The summed E-state index contributed by atoms with van der Waals surface area (Å²) in [6.45, 7) is 3.41. The van der Waals surface area contributed by atoms with E-state index in [1.165, 1.54) is 0 Å². The van der Waals surface area contributed by atoms with Gasteiger partial charge >= 0.3 is 43.7 Å². The van der Waals surface area contributed by atoms with Crippen LogP contribution in [-0.2, 0) is 4.79 Å². The summed E-state index contributed by atoms with van der Waals surface area (Å²) in [5.41, 5.74) is 0. The third-order valence-electron chi connectivity index (χ3n) is 1.28. The Hall–Kier alpha value is 0.390. The average molecular weight is 202 g/mol. The Morgan fingerprint density at radius 1 is 1.58 bits per heavy atom. The van der Waals surface area contributed by atoms with E-state index in [4.69, 9.17) is 15.3 Å². The normalized spacial score (nSPS) is 10.2. The maximum absolute atomic E-state index is 10.1. The maximum atomic E-state index is 10.1. The second kappa shape index (κ2) is 6.86. The predicted molar refractivity (Wildman–Crippen MR) is 46.8 cm³/mol. The van der Waals surface area contributed by atoms with Crippen molar-refractivity contribution in [1.82, 2.24) is 0 Å². The van der Waals surface area contributed by atoms with Crippen LogP contribution in [0.1, 0.15) is 22.1 Å². The SMILES string of the molecule is C=CCCCC(O)(O)C(=O)O.[Ca+2].[H-].[H-]. The number of aliphatic carboxylic acids is 1. The molecule has 3 N–H and O–H groups in total. The molecule has 0 saturated heterocycles. The van der Waals surface area contributed by atoms with Crippen LogP contribution in [0.15, 0.2) is 12.7 Å². The van der Waals surface area contributed by atoms with Gasteiger partial charge in [-0.05, 0) is 12.8 Å². The molecule has 0 heterocycles. The van der Waals surface area contributed by atoms with Crippen LogP contribution in [0.2, 0.25) is 0 Å². The number of carbonyl (C=O) groups is 1. The zero-order valence-corrected chi connectivity index (χ0v) is 9.07. The summed E-state index contributed by atoms with van der Waals surface area (Å²) in [4.78, 5) is 10.1. The molecule has 0 bridgehead atoms. The van der Waals surface area contributed by atoms with Crippen LogP contribution < -0.4 is 0 Å². The van der Waals surface area contributed by atoms with Crippen molar-refractivity contribution in [1.29, 1.82) is 0 Å². The van der Waals surface area contributed by atoms with Gasteiger partial charge in [0, 0.05) is 6.42 Å². The van der Waals surface area contributed by atoms with E-state index in [9.17, 15) is 4.79 Å². The number of allylic oxidation sites excluding steroid dienone is 1. The quantitative estimate of drug-likeness (QED) is 0.253. The minimum atomic E-state index is -2.58.